The van der Waals surface area contributed by atoms with E-state index in [1.54, 1.807) is 0 Å². The first-order valence-electron chi connectivity index (χ1n) is 8.26. The van der Waals surface area contributed by atoms with Crippen molar-refractivity contribution < 1.29 is 14.2 Å². The molecule has 4 nitrogen and oxygen atoms in total. The minimum absolute atomic E-state index is 0.295. The van der Waals surface area contributed by atoms with Gasteiger partial charge in [0.25, 0.3) is 0 Å². The van der Waals surface area contributed by atoms with Crippen molar-refractivity contribution in [3.05, 3.63) is 83.9 Å². The molecule has 0 bridgehead atoms. The second-order valence-corrected chi connectivity index (χ2v) is 5.84. The number of hydrogen-bond acceptors (Lipinski definition) is 4. The van der Waals surface area contributed by atoms with Crippen LogP contribution >= 0.6 is 0 Å². The van der Waals surface area contributed by atoms with Crippen molar-refractivity contribution in [1.29, 1.82) is 0 Å². The largest absolute Gasteiger partial charge is 0.489 e. The van der Waals surface area contributed by atoms with Crippen LogP contribution in [0, 0.1) is 0 Å². The van der Waals surface area contributed by atoms with E-state index in [0.717, 1.165) is 35.0 Å². The first-order valence-corrected chi connectivity index (χ1v) is 8.26. The smallest absolute Gasteiger partial charge is 0.231 e. The molecule has 0 amide bonds. The van der Waals surface area contributed by atoms with Crippen LogP contribution in [0.4, 0.5) is 5.69 Å². The van der Waals surface area contributed by atoms with E-state index in [2.05, 4.69) is 29.6 Å². The summed E-state index contributed by atoms with van der Waals surface area (Å²) in [7, 11) is 0. The van der Waals surface area contributed by atoms with E-state index >= 15 is 0 Å². The highest BCUT2D eigenvalue weighted by Crippen LogP contribution is 2.34. The molecule has 0 unspecified atom stereocenters. The van der Waals surface area contributed by atoms with Gasteiger partial charge in [-0.05, 0) is 35.4 Å². The summed E-state index contributed by atoms with van der Waals surface area (Å²) in [4.78, 5) is 0. The van der Waals surface area contributed by atoms with Gasteiger partial charge in [-0.15, -0.1) is 0 Å². The molecule has 0 aromatic heterocycles. The van der Waals surface area contributed by atoms with Gasteiger partial charge in [0.1, 0.15) is 12.4 Å². The standard InChI is InChI=1S/C21H19NO3/c1-2-4-17(5-3-1)14-23-19-9-6-16(7-10-19)13-22-18-8-11-20-21(12-18)25-15-24-20/h1-12,22H,13-15H2. The molecule has 3 aromatic rings. The molecule has 0 fully saturated rings. The fraction of sp³-hybridized carbons (Fsp3) is 0.143. The third kappa shape index (κ3) is 3.86. The molecule has 1 N–H and O–H groups in total. The molecule has 4 heteroatoms. The van der Waals surface area contributed by atoms with E-state index in [1.165, 1.54) is 5.56 Å². The van der Waals surface area contributed by atoms with Crippen molar-refractivity contribution in [1.82, 2.24) is 0 Å². The van der Waals surface area contributed by atoms with Crippen LogP contribution in [0.1, 0.15) is 11.1 Å². The van der Waals surface area contributed by atoms with Gasteiger partial charge < -0.3 is 19.5 Å². The first kappa shape index (κ1) is 15.4. The predicted molar refractivity (Wildman–Crippen MR) is 97.1 cm³/mol. The Morgan fingerprint density at radius 2 is 1.60 bits per heavy atom. The van der Waals surface area contributed by atoms with Gasteiger partial charge in [0.05, 0.1) is 0 Å². The van der Waals surface area contributed by atoms with Gasteiger partial charge in [-0.2, -0.15) is 0 Å². The van der Waals surface area contributed by atoms with Crippen molar-refractivity contribution in [3.63, 3.8) is 0 Å². The maximum absolute atomic E-state index is 5.81. The van der Waals surface area contributed by atoms with Gasteiger partial charge in [-0.3, -0.25) is 0 Å². The van der Waals surface area contributed by atoms with Gasteiger partial charge in [-0.1, -0.05) is 42.5 Å². The number of rotatable bonds is 6. The molecule has 126 valence electrons. The Kier molecular flexibility index (Phi) is 4.42. The van der Waals surface area contributed by atoms with Crippen LogP contribution in [0.3, 0.4) is 0 Å². The van der Waals surface area contributed by atoms with E-state index in [1.807, 2.05) is 48.5 Å². The second kappa shape index (κ2) is 7.18. The SMILES string of the molecule is c1ccc(COc2ccc(CNc3ccc4c(c3)OCO4)cc2)cc1. The highest BCUT2D eigenvalue weighted by Gasteiger charge is 2.12. The molecular weight excluding hydrogens is 314 g/mol. The lowest BCUT2D eigenvalue weighted by atomic mass is 10.2. The van der Waals surface area contributed by atoms with Crippen molar-refractivity contribution >= 4 is 5.69 Å². The Balaban J connectivity index is 1.31. The molecule has 1 aliphatic heterocycles. The maximum Gasteiger partial charge on any atom is 0.231 e. The highest BCUT2D eigenvalue weighted by atomic mass is 16.7. The zero-order chi connectivity index (χ0) is 16.9. The average Bonchev–Trinajstić information content (AvgIpc) is 3.14. The van der Waals surface area contributed by atoms with E-state index in [0.29, 0.717) is 13.4 Å². The molecule has 4 rings (SSSR count). The fourth-order valence-corrected chi connectivity index (χ4v) is 2.66. The Morgan fingerprint density at radius 1 is 0.800 bits per heavy atom. The van der Waals surface area contributed by atoms with Crippen LogP contribution in [0.15, 0.2) is 72.8 Å². The summed E-state index contributed by atoms with van der Waals surface area (Å²) in [6.45, 7) is 1.61. The monoisotopic (exact) mass is 333 g/mol. The molecule has 0 aliphatic carbocycles. The van der Waals surface area contributed by atoms with Gasteiger partial charge >= 0.3 is 0 Å². The van der Waals surface area contributed by atoms with Gasteiger partial charge in [0, 0.05) is 18.3 Å². The first-order chi connectivity index (χ1) is 12.4. The molecule has 0 atom stereocenters. The predicted octanol–water partition coefficient (Wildman–Crippen LogP) is 4.61. The molecule has 0 saturated heterocycles. The minimum Gasteiger partial charge on any atom is -0.489 e. The quantitative estimate of drug-likeness (QED) is 0.715. The lowest BCUT2D eigenvalue weighted by Crippen LogP contribution is -2.00. The second-order valence-electron chi connectivity index (χ2n) is 5.84. The molecule has 25 heavy (non-hydrogen) atoms. The van der Waals surface area contributed by atoms with Crippen LogP contribution < -0.4 is 19.5 Å². The summed E-state index contributed by atoms with van der Waals surface area (Å²) in [5.74, 6) is 2.45. The topological polar surface area (TPSA) is 39.7 Å². The number of anilines is 1. The summed E-state index contributed by atoms with van der Waals surface area (Å²) >= 11 is 0. The molecule has 0 saturated carbocycles. The Hall–Kier alpha value is -3.14. The number of ether oxygens (including phenoxy) is 3. The Bertz CT molecular complexity index is 832. The molecular formula is C21H19NO3. The fourth-order valence-electron chi connectivity index (χ4n) is 2.66. The van der Waals surface area contributed by atoms with Crippen LogP contribution in [0.2, 0.25) is 0 Å². The minimum atomic E-state index is 0.295. The lowest BCUT2D eigenvalue weighted by Gasteiger charge is -2.09. The molecule has 3 aromatic carbocycles. The number of nitrogens with one attached hydrogen (secondary N) is 1. The van der Waals surface area contributed by atoms with Gasteiger partial charge in [0.15, 0.2) is 11.5 Å². The van der Waals surface area contributed by atoms with Crippen LogP contribution in [-0.2, 0) is 13.2 Å². The van der Waals surface area contributed by atoms with Crippen molar-refractivity contribution in [3.8, 4) is 17.2 Å². The van der Waals surface area contributed by atoms with Crippen LogP contribution in [0.5, 0.6) is 17.2 Å². The van der Waals surface area contributed by atoms with E-state index < -0.39 is 0 Å². The summed E-state index contributed by atoms with van der Waals surface area (Å²) < 4.78 is 16.5. The molecule has 0 radical (unpaired) electrons. The van der Waals surface area contributed by atoms with E-state index in [9.17, 15) is 0 Å². The summed E-state index contributed by atoms with van der Waals surface area (Å²) in [5, 5.41) is 3.39. The van der Waals surface area contributed by atoms with Crippen LogP contribution in [-0.4, -0.2) is 6.79 Å². The zero-order valence-electron chi connectivity index (χ0n) is 13.8. The molecule has 1 heterocycles. The molecule has 0 spiro atoms. The van der Waals surface area contributed by atoms with E-state index in [-0.39, 0.29) is 0 Å². The maximum atomic E-state index is 5.81. The normalized spacial score (nSPS) is 12.0. The van der Waals surface area contributed by atoms with Crippen molar-refractivity contribution in [2.75, 3.05) is 12.1 Å². The zero-order valence-corrected chi connectivity index (χ0v) is 13.8. The summed E-state index contributed by atoms with van der Waals surface area (Å²) in [6, 6.07) is 24.2. The van der Waals surface area contributed by atoms with Gasteiger partial charge in [0.2, 0.25) is 6.79 Å². The van der Waals surface area contributed by atoms with Crippen molar-refractivity contribution in [2.24, 2.45) is 0 Å². The van der Waals surface area contributed by atoms with Crippen LogP contribution in [0.25, 0.3) is 0 Å². The summed E-state index contributed by atoms with van der Waals surface area (Å²) in [5.41, 5.74) is 3.36. The Labute approximate surface area is 147 Å². The highest BCUT2D eigenvalue weighted by molar-refractivity contribution is 5.55. The van der Waals surface area contributed by atoms with Crippen molar-refractivity contribution in [2.45, 2.75) is 13.2 Å². The average molecular weight is 333 g/mol. The van der Waals surface area contributed by atoms with Gasteiger partial charge in [-0.25, -0.2) is 0 Å². The third-order valence-corrected chi connectivity index (χ3v) is 4.04. The molecule has 1 aliphatic rings. The lowest BCUT2D eigenvalue weighted by molar-refractivity contribution is 0.174. The summed E-state index contributed by atoms with van der Waals surface area (Å²) in [6.07, 6.45) is 0. The number of hydrogen-bond donors (Lipinski definition) is 1. The Morgan fingerprint density at radius 3 is 2.44 bits per heavy atom. The number of fused-ring (bicyclic) bond motifs is 1. The number of benzene rings is 3. The third-order valence-electron chi connectivity index (χ3n) is 4.04. The van der Waals surface area contributed by atoms with E-state index in [4.69, 9.17) is 14.2 Å².